The van der Waals surface area contributed by atoms with E-state index in [1.807, 2.05) is 0 Å². The number of thioether (sulfide) groups is 1. The predicted octanol–water partition coefficient (Wildman–Crippen LogP) is 1.84. The first-order valence-electron chi connectivity index (χ1n) is 5.86. The molecule has 0 amide bonds. The quantitative estimate of drug-likeness (QED) is 0.352. The van der Waals surface area contributed by atoms with Gasteiger partial charge in [-0.05, 0) is 18.2 Å². The summed E-state index contributed by atoms with van der Waals surface area (Å²) >= 11 is 1.58. The van der Waals surface area contributed by atoms with Crippen molar-refractivity contribution in [3.8, 4) is 0 Å². The van der Waals surface area contributed by atoms with E-state index in [9.17, 15) is 14.7 Å². The van der Waals surface area contributed by atoms with Gasteiger partial charge >= 0.3 is 11.9 Å². The second kappa shape index (κ2) is 4.72. The van der Waals surface area contributed by atoms with Crippen LogP contribution in [0.25, 0.3) is 0 Å². The summed E-state index contributed by atoms with van der Waals surface area (Å²) in [6.45, 7) is 2.09. The van der Waals surface area contributed by atoms with Crippen molar-refractivity contribution < 1.29 is 19.4 Å². The Morgan fingerprint density at radius 1 is 1.71 bits per heavy atom. The van der Waals surface area contributed by atoms with Crippen molar-refractivity contribution in [3.05, 3.63) is 12.2 Å². The number of carbonyl (C=O) groups excluding carboxylic acids is 1. The van der Waals surface area contributed by atoms with Gasteiger partial charge in [-0.2, -0.15) is 11.8 Å². The zero-order valence-corrected chi connectivity index (χ0v) is 10.5. The number of carboxylic acid groups (broad SMARTS) is 1. The molecule has 0 spiro atoms. The van der Waals surface area contributed by atoms with Gasteiger partial charge in [0.05, 0.1) is 0 Å². The molecule has 3 rings (SSSR count). The summed E-state index contributed by atoms with van der Waals surface area (Å²) in [4.78, 5) is 23.2. The topological polar surface area (TPSA) is 63.6 Å². The number of carboxylic acids is 1. The van der Waals surface area contributed by atoms with Crippen LogP contribution in [0.15, 0.2) is 12.2 Å². The number of aliphatic carboxylic acids is 1. The van der Waals surface area contributed by atoms with Crippen LogP contribution in [0, 0.1) is 5.41 Å². The lowest BCUT2D eigenvalue weighted by Crippen LogP contribution is -2.56. The smallest absolute Gasteiger partial charge is 0.329 e. The van der Waals surface area contributed by atoms with Gasteiger partial charge in [0, 0.05) is 11.7 Å². The van der Waals surface area contributed by atoms with Gasteiger partial charge < -0.3 is 9.84 Å². The van der Waals surface area contributed by atoms with E-state index in [2.05, 4.69) is 6.92 Å². The standard InChI is InChI=1S/C12H16O4S/c1-2-3-6-17-9-7-8-4-5-12(9,10(13)14)11(15)16-8/h4-5,8-9H,2-3,6-7H2,1H3,(H,13,14)/t8-,9+,12+/m0/s1. The molecule has 0 radical (unpaired) electrons. The van der Waals surface area contributed by atoms with Gasteiger partial charge in [-0.15, -0.1) is 0 Å². The lowest BCUT2D eigenvalue weighted by molar-refractivity contribution is -0.174. The number of fused-ring (bicyclic) bond motifs is 2. The van der Waals surface area contributed by atoms with Gasteiger partial charge in [0.15, 0.2) is 5.41 Å². The van der Waals surface area contributed by atoms with Crippen LogP contribution in [0.1, 0.15) is 26.2 Å². The normalized spacial score (nSPS) is 34.8. The fraction of sp³-hybridized carbons (Fsp3) is 0.667. The maximum absolute atomic E-state index is 11.8. The van der Waals surface area contributed by atoms with Crippen LogP contribution in [0.4, 0.5) is 0 Å². The molecule has 0 saturated carbocycles. The average molecular weight is 256 g/mol. The van der Waals surface area contributed by atoms with Gasteiger partial charge in [-0.1, -0.05) is 19.4 Å². The summed E-state index contributed by atoms with van der Waals surface area (Å²) in [6, 6.07) is 0. The minimum Gasteiger partial charge on any atom is -0.480 e. The minimum absolute atomic E-state index is 0.192. The zero-order chi connectivity index (χ0) is 12.5. The summed E-state index contributed by atoms with van der Waals surface area (Å²) in [5, 5.41) is 9.15. The second-order valence-corrected chi connectivity index (χ2v) is 5.74. The Labute approximate surface area is 104 Å². The molecule has 1 saturated heterocycles. The number of carbonyl (C=O) groups is 2. The van der Waals surface area contributed by atoms with Gasteiger partial charge in [-0.3, -0.25) is 9.59 Å². The van der Waals surface area contributed by atoms with E-state index in [0.29, 0.717) is 6.42 Å². The Kier molecular flexibility index (Phi) is 3.47. The van der Waals surface area contributed by atoms with E-state index in [0.717, 1.165) is 18.6 Å². The molecule has 3 aliphatic rings. The van der Waals surface area contributed by atoms with E-state index in [-0.39, 0.29) is 11.4 Å². The molecule has 3 atom stereocenters. The summed E-state index contributed by atoms with van der Waals surface area (Å²) in [5.74, 6) is -0.798. The van der Waals surface area contributed by atoms with E-state index in [1.165, 1.54) is 6.08 Å². The van der Waals surface area contributed by atoms with E-state index in [4.69, 9.17) is 4.74 Å². The SMILES string of the molecule is CCCCS[C@@H]1C[C@@H]2C=C[C@@]1(C(=O)O)C(=O)O2. The van der Waals surface area contributed by atoms with E-state index < -0.39 is 17.4 Å². The Morgan fingerprint density at radius 3 is 3.06 bits per heavy atom. The van der Waals surface area contributed by atoms with Crippen molar-refractivity contribution in [1.29, 1.82) is 0 Å². The monoisotopic (exact) mass is 256 g/mol. The third-order valence-corrected chi connectivity index (χ3v) is 4.79. The van der Waals surface area contributed by atoms with Crippen molar-refractivity contribution in [2.75, 3.05) is 5.75 Å². The molecule has 17 heavy (non-hydrogen) atoms. The lowest BCUT2D eigenvalue weighted by atomic mass is 9.75. The number of ether oxygens (including phenoxy) is 1. The maximum Gasteiger partial charge on any atom is 0.329 e. The first-order valence-corrected chi connectivity index (χ1v) is 6.91. The molecule has 2 aliphatic heterocycles. The predicted molar refractivity (Wildman–Crippen MR) is 64.9 cm³/mol. The molecule has 2 heterocycles. The lowest BCUT2D eigenvalue weighted by Gasteiger charge is -2.42. The molecule has 2 bridgehead atoms. The Morgan fingerprint density at radius 2 is 2.47 bits per heavy atom. The first kappa shape index (κ1) is 12.5. The van der Waals surface area contributed by atoms with Crippen molar-refractivity contribution in [2.24, 2.45) is 5.41 Å². The fourth-order valence-corrected chi connectivity index (χ4v) is 3.83. The highest BCUT2D eigenvalue weighted by molar-refractivity contribution is 8.00. The van der Waals surface area contributed by atoms with Crippen molar-refractivity contribution in [3.63, 3.8) is 0 Å². The second-order valence-electron chi connectivity index (χ2n) is 4.43. The first-order chi connectivity index (χ1) is 8.11. The molecule has 0 aromatic carbocycles. The molecule has 5 heteroatoms. The zero-order valence-electron chi connectivity index (χ0n) is 9.72. The van der Waals surface area contributed by atoms with Crippen molar-refractivity contribution >= 4 is 23.7 Å². The number of rotatable bonds is 5. The summed E-state index contributed by atoms with van der Waals surface area (Å²) in [7, 11) is 0. The Hall–Kier alpha value is -0.970. The summed E-state index contributed by atoms with van der Waals surface area (Å²) in [5.41, 5.74) is -1.45. The number of esters is 1. The molecule has 1 fully saturated rings. The largest absolute Gasteiger partial charge is 0.480 e. The van der Waals surface area contributed by atoms with Crippen LogP contribution >= 0.6 is 11.8 Å². The highest BCUT2D eigenvalue weighted by atomic mass is 32.2. The van der Waals surface area contributed by atoms with Crippen molar-refractivity contribution in [2.45, 2.75) is 37.5 Å². The molecular formula is C12H16O4S. The van der Waals surface area contributed by atoms with Crippen LogP contribution < -0.4 is 0 Å². The highest BCUT2D eigenvalue weighted by Gasteiger charge is 2.58. The summed E-state index contributed by atoms with van der Waals surface area (Å²) in [6.07, 6.45) is 5.72. The Balaban J connectivity index is 2.19. The van der Waals surface area contributed by atoms with Gasteiger partial charge in [0.25, 0.3) is 0 Å². The molecule has 0 unspecified atom stereocenters. The molecule has 1 aliphatic carbocycles. The van der Waals surface area contributed by atoms with Crippen LogP contribution in [-0.4, -0.2) is 34.2 Å². The van der Waals surface area contributed by atoms with Crippen molar-refractivity contribution in [1.82, 2.24) is 0 Å². The number of hydrogen-bond donors (Lipinski definition) is 1. The highest BCUT2D eigenvalue weighted by Crippen LogP contribution is 2.46. The van der Waals surface area contributed by atoms with Crippen LogP contribution in [0.2, 0.25) is 0 Å². The molecule has 0 aromatic rings. The molecular weight excluding hydrogens is 240 g/mol. The van der Waals surface area contributed by atoms with Gasteiger partial charge in [0.2, 0.25) is 0 Å². The molecule has 0 aromatic heterocycles. The van der Waals surface area contributed by atoms with Gasteiger partial charge in [0.1, 0.15) is 6.10 Å². The Bertz CT molecular complexity index is 366. The van der Waals surface area contributed by atoms with E-state index >= 15 is 0 Å². The number of unbranched alkanes of at least 4 members (excludes halogenated alkanes) is 1. The average Bonchev–Trinajstić information content (AvgIpc) is 2.29. The fourth-order valence-electron chi connectivity index (χ4n) is 2.23. The van der Waals surface area contributed by atoms with Crippen LogP contribution in [0.3, 0.4) is 0 Å². The third kappa shape index (κ3) is 1.97. The third-order valence-electron chi connectivity index (χ3n) is 3.30. The van der Waals surface area contributed by atoms with Crippen LogP contribution in [-0.2, 0) is 14.3 Å². The van der Waals surface area contributed by atoms with E-state index in [1.54, 1.807) is 17.8 Å². The molecule has 1 N–H and O–H groups in total. The minimum atomic E-state index is -1.45. The van der Waals surface area contributed by atoms with Crippen LogP contribution in [0.5, 0.6) is 0 Å². The molecule has 94 valence electrons. The molecule has 4 nitrogen and oxygen atoms in total. The summed E-state index contributed by atoms with van der Waals surface area (Å²) < 4.78 is 5.07. The van der Waals surface area contributed by atoms with Gasteiger partial charge in [-0.25, -0.2) is 0 Å². The number of hydrogen-bond acceptors (Lipinski definition) is 4. The maximum atomic E-state index is 11.8.